The molecule has 0 unspecified atom stereocenters. The van der Waals surface area contributed by atoms with Crippen LogP contribution in [0.25, 0.3) is 11.1 Å². The fourth-order valence-corrected chi connectivity index (χ4v) is 3.54. The molecule has 0 spiro atoms. The van der Waals surface area contributed by atoms with Crippen molar-refractivity contribution >= 4 is 17.5 Å². The number of amides is 1. The molecular formula is C26H30FN3O4. The quantitative estimate of drug-likeness (QED) is 0.508. The van der Waals surface area contributed by atoms with Crippen LogP contribution in [-0.2, 0) is 11.8 Å². The summed E-state index contributed by atoms with van der Waals surface area (Å²) in [4.78, 5) is 26.6. The number of rotatable bonds is 4. The van der Waals surface area contributed by atoms with E-state index in [1.165, 1.54) is 28.6 Å². The lowest BCUT2D eigenvalue weighted by Crippen LogP contribution is -2.37. The van der Waals surface area contributed by atoms with Crippen molar-refractivity contribution in [1.82, 2.24) is 4.57 Å². The summed E-state index contributed by atoms with van der Waals surface area (Å²) in [6.07, 6.45) is 0.990. The fourth-order valence-electron chi connectivity index (χ4n) is 3.54. The third-order valence-corrected chi connectivity index (χ3v) is 5.14. The second-order valence-electron chi connectivity index (χ2n) is 9.30. The average Bonchev–Trinajstić information content (AvgIpc) is 2.71. The van der Waals surface area contributed by atoms with Gasteiger partial charge in [0.1, 0.15) is 28.6 Å². The molecule has 0 aliphatic rings. The first-order chi connectivity index (χ1) is 15.8. The van der Waals surface area contributed by atoms with Gasteiger partial charge in [-0.05, 0) is 82.1 Å². The van der Waals surface area contributed by atoms with Crippen LogP contribution in [0.5, 0.6) is 11.5 Å². The zero-order valence-electron chi connectivity index (χ0n) is 20.5. The van der Waals surface area contributed by atoms with Crippen molar-refractivity contribution in [1.29, 1.82) is 0 Å². The minimum absolute atomic E-state index is 0.136. The lowest BCUT2D eigenvalue weighted by atomic mass is 10.0. The van der Waals surface area contributed by atoms with E-state index in [-0.39, 0.29) is 17.1 Å². The van der Waals surface area contributed by atoms with Gasteiger partial charge < -0.3 is 19.8 Å². The molecule has 8 heteroatoms. The molecule has 7 nitrogen and oxygen atoms in total. The van der Waals surface area contributed by atoms with E-state index in [4.69, 9.17) is 15.2 Å². The first-order valence-corrected chi connectivity index (χ1v) is 10.8. The summed E-state index contributed by atoms with van der Waals surface area (Å²) >= 11 is 0. The Balaban J connectivity index is 2.12. The van der Waals surface area contributed by atoms with E-state index in [1.54, 1.807) is 72.1 Å². The maximum Gasteiger partial charge on any atom is 0.414 e. The normalized spacial score (nSPS) is 11.3. The van der Waals surface area contributed by atoms with Crippen molar-refractivity contribution in [2.24, 2.45) is 7.05 Å². The number of anilines is 2. The number of nitrogen functional groups attached to an aromatic ring is 1. The number of carbonyl (C=O) groups excluding carboxylic acids is 1. The Morgan fingerprint density at radius 3 is 2.29 bits per heavy atom. The average molecular weight is 468 g/mol. The van der Waals surface area contributed by atoms with Crippen molar-refractivity contribution in [3.63, 3.8) is 0 Å². The molecule has 0 aliphatic heterocycles. The Labute approximate surface area is 198 Å². The van der Waals surface area contributed by atoms with E-state index in [2.05, 4.69) is 0 Å². The van der Waals surface area contributed by atoms with Crippen molar-refractivity contribution in [3.05, 3.63) is 69.9 Å². The van der Waals surface area contributed by atoms with Crippen LogP contribution in [0.3, 0.4) is 0 Å². The maximum absolute atomic E-state index is 13.8. The van der Waals surface area contributed by atoms with Gasteiger partial charge in [0.2, 0.25) is 0 Å². The fraction of sp³-hybridized carbons (Fsp3) is 0.308. The number of aryl methyl sites for hydroxylation is 3. The number of hydrogen-bond donors (Lipinski definition) is 1. The van der Waals surface area contributed by atoms with Gasteiger partial charge in [0.05, 0.1) is 0 Å². The topological polar surface area (TPSA) is 86.8 Å². The van der Waals surface area contributed by atoms with E-state index < -0.39 is 11.7 Å². The highest BCUT2D eigenvalue weighted by molar-refractivity contribution is 5.88. The van der Waals surface area contributed by atoms with Crippen LogP contribution in [0, 0.1) is 19.7 Å². The lowest BCUT2D eigenvalue weighted by Gasteiger charge is -2.25. The summed E-state index contributed by atoms with van der Waals surface area (Å²) in [5.41, 5.74) is 8.11. The van der Waals surface area contributed by atoms with Gasteiger partial charge in [-0.25, -0.2) is 9.18 Å². The van der Waals surface area contributed by atoms with Crippen LogP contribution in [0.2, 0.25) is 0 Å². The summed E-state index contributed by atoms with van der Waals surface area (Å²) in [7, 11) is 3.08. The number of nitrogens with two attached hydrogens (primary N) is 1. The molecule has 0 bridgehead atoms. The molecule has 0 aliphatic carbocycles. The number of carbonyl (C=O) groups is 1. The van der Waals surface area contributed by atoms with Crippen molar-refractivity contribution in [3.8, 4) is 22.6 Å². The summed E-state index contributed by atoms with van der Waals surface area (Å²) in [5, 5.41) is 0. The van der Waals surface area contributed by atoms with E-state index in [9.17, 15) is 14.0 Å². The van der Waals surface area contributed by atoms with E-state index >= 15 is 0 Å². The monoisotopic (exact) mass is 467 g/mol. The Morgan fingerprint density at radius 2 is 1.71 bits per heavy atom. The highest BCUT2D eigenvalue weighted by Crippen LogP contribution is 2.38. The van der Waals surface area contributed by atoms with Crippen molar-refractivity contribution < 1.29 is 18.7 Å². The summed E-state index contributed by atoms with van der Waals surface area (Å²) in [5.74, 6) is 0.660. The lowest BCUT2D eigenvalue weighted by molar-refractivity contribution is 0.0589. The Bertz CT molecular complexity index is 1290. The van der Waals surface area contributed by atoms with Gasteiger partial charge in [-0.15, -0.1) is 0 Å². The molecule has 0 saturated carbocycles. The number of aromatic nitrogens is 1. The SMILES string of the molecule is Cc1cc(F)cc(C)c1Oc1ccc(N)cc1-c1cc(N(C)C(=O)OC(C)(C)C)c(=O)n(C)c1. The number of halogens is 1. The first kappa shape index (κ1) is 24.8. The standard InChI is InChI=1S/C26H30FN3O4/c1-15-10-18(27)11-16(2)23(15)33-22-9-8-19(28)13-20(22)17-12-21(24(31)29(6)14-17)30(7)25(32)34-26(3,4)5/h8-14H,28H2,1-7H3. The van der Waals surface area contributed by atoms with Crippen LogP contribution in [0.15, 0.2) is 47.4 Å². The molecule has 0 radical (unpaired) electrons. The summed E-state index contributed by atoms with van der Waals surface area (Å²) < 4.78 is 26.8. The second kappa shape index (κ2) is 9.21. The van der Waals surface area contributed by atoms with Gasteiger partial charge in [-0.3, -0.25) is 9.69 Å². The molecule has 3 rings (SSSR count). The zero-order chi connectivity index (χ0) is 25.4. The molecule has 1 amide bonds. The smallest absolute Gasteiger partial charge is 0.414 e. The van der Waals surface area contributed by atoms with Gasteiger partial charge in [0, 0.05) is 37.1 Å². The number of pyridine rings is 1. The van der Waals surface area contributed by atoms with Crippen LogP contribution in [0.1, 0.15) is 31.9 Å². The minimum atomic E-state index is -0.714. The Hall–Kier alpha value is -3.81. The summed E-state index contributed by atoms with van der Waals surface area (Å²) in [6.45, 7) is 8.79. The second-order valence-corrected chi connectivity index (χ2v) is 9.30. The van der Waals surface area contributed by atoms with Gasteiger partial charge in [-0.1, -0.05) is 0 Å². The predicted octanol–water partition coefficient (Wildman–Crippen LogP) is 5.55. The number of hydrogen-bond acceptors (Lipinski definition) is 5. The highest BCUT2D eigenvalue weighted by Gasteiger charge is 2.24. The van der Waals surface area contributed by atoms with Crippen LogP contribution < -0.4 is 20.9 Å². The molecule has 0 saturated heterocycles. The Kier molecular flexibility index (Phi) is 6.72. The van der Waals surface area contributed by atoms with Gasteiger partial charge >= 0.3 is 6.09 Å². The molecular weight excluding hydrogens is 437 g/mol. The first-order valence-electron chi connectivity index (χ1n) is 10.8. The minimum Gasteiger partial charge on any atom is -0.456 e. The zero-order valence-corrected chi connectivity index (χ0v) is 20.5. The largest absolute Gasteiger partial charge is 0.456 e. The van der Waals surface area contributed by atoms with Crippen molar-refractivity contribution in [2.45, 2.75) is 40.2 Å². The molecule has 0 fully saturated rings. The van der Waals surface area contributed by atoms with E-state index in [1.807, 2.05) is 0 Å². The third kappa shape index (κ3) is 5.39. The maximum atomic E-state index is 13.8. The molecule has 0 atom stereocenters. The van der Waals surface area contributed by atoms with Crippen molar-refractivity contribution in [2.75, 3.05) is 17.7 Å². The molecule has 180 valence electrons. The highest BCUT2D eigenvalue weighted by atomic mass is 19.1. The number of ether oxygens (including phenoxy) is 2. The van der Waals surface area contributed by atoms with E-state index in [0.29, 0.717) is 39.4 Å². The van der Waals surface area contributed by atoms with Gasteiger partial charge in [0.15, 0.2) is 0 Å². The molecule has 2 N–H and O–H groups in total. The molecule has 1 heterocycles. The third-order valence-electron chi connectivity index (χ3n) is 5.14. The van der Waals surface area contributed by atoms with Crippen LogP contribution >= 0.6 is 0 Å². The van der Waals surface area contributed by atoms with Gasteiger partial charge in [0.25, 0.3) is 5.56 Å². The number of benzene rings is 2. The van der Waals surface area contributed by atoms with Crippen LogP contribution in [-0.4, -0.2) is 23.3 Å². The summed E-state index contributed by atoms with van der Waals surface area (Å²) in [6, 6.07) is 9.54. The van der Waals surface area contributed by atoms with Gasteiger partial charge in [-0.2, -0.15) is 0 Å². The molecule has 1 aromatic heterocycles. The predicted molar refractivity (Wildman–Crippen MR) is 132 cm³/mol. The molecule has 2 aromatic carbocycles. The Morgan fingerprint density at radius 1 is 1.09 bits per heavy atom. The van der Waals surface area contributed by atoms with Crippen LogP contribution in [0.4, 0.5) is 20.6 Å². The number of nitrogens with zero attached hydrogens (tertiary/aromatic N) is 2. The molecule has 34 heavy (non-hydrogen) atoms. The molecule has 3 aromatic rings. The van der Waals surface area contributed by atoms with E-state index in [0.717, 1.165) is 0 Å².